The Balaban J connectivity index is 1.04. The van der Waals surface area contributed by atoms with Crippen molar-refractivity contribution in [2.45, 2.75) is 38.0 Å². The lowest BCUT2D eigenvalue weighted by Gasteiger charge is -2.31. The Morgan fingerprint density at radius 3 is 1.71 bits per heavy atom. The Labute approximate surface area is 387 Å². The highest BCUT2D eigenvalue weighted by molar-refractivity contribution is 6.08. The average molecular weight is 848 g/mol. The molecule has 2 heteroatoms. The summed E-state index contributed by atoms with van der Waals surface area (Å²) in [5.41, 5.74) is 18.6. The molecule has 10 aromatic carbocycles. The van der Waals surface area contributed by atoms with E-state index >= 15 is 0 Å². The highest BCUT2D eigenvalue weighted by atomic mass is 16.3. The lowest BCUT2D eigenvalue weighted by Crippen LogP contribution is -2.12. The number of para-hydroxylation sites is 3. The number of furan rings is 1. The molecule has 0 bridgehead atoms. The standard InChI is InChI=1S/C64H49NO/c1-4-18-45(19-5-1)52-40-36-49(42-58(52)47-22-8-3-9-23-47)44-34-38-51(39-35-44)65(60-31-13-10-26-53(60)50-37-41-63-59(43-50)56-28-12-15-33-62(56)66-63)61-32-14-11-27-55(61)57-30-17-25-48-24-16-29-54(64(48)57)46-20-6-2-7-21-46/h1,3-5,8-19,22-43,46H,2,6-7,20-21H2. The normalized spacial score (nSPS) is 13.1. The zero-order valence-electron chi connectivity index (χ0n) is 36.9. The van der Waals surface area contributed by atoms with E-state index in [0.29, 0.717) is 5.92 Å². The van der Waals surface area contributed by atoms with Crippen molar-refractivity contribution in [2.75, 3.05) is 4.90 Å². The van der Waals surface area contributed by atoms with E-state index in [4.69, 9.17) is 4.42 Å². The van der Waals surface area contributed by atoms with E-state index in [1.165, 1.54) is 92.9 Å². The Kier molecular flexibility index (Phi) is 10.3. The van der Waals surface area contributed by atoms with Gasteiger partial charge in [-0.2, -0.15) is 0 Å². The van der Waals surface area contributed by atoms with Crippen LogP contribution in [0.2, 0.25) is 0 Å². The molecule has 12 rings (SSSR count). The van der Waals surface area contributed by atoms with Crippen LogP contribution in [0.5, 0.6) is 0 Å². The quantitative estimate of drug-likeness (QED) is 0.144. The predicted molar refractivity (Wildman–Crippen MR) is 279 cm³/mol. The number of hydrogen-bond acceptors (Lipinski definition) is 2. The molecule has 0 N–H and O–H groups in total. The average Bonchev–Trinajstić information content (AvgIpc) is 3.78. The molecule has 0 amide bonds. The van der Waals surface area contributed by atoms with Gasteiger partial charge < -0.3 is 9.32 Å². The summed E-state index contributed by atoms with van der Waals surface area (Å²) in [5.74, 6) is 0.568. The van der Waals surface area contributed by atoms with Gasteiger partial charge in [0.15, 0.2) is 0 Å². The molecular formula is C64H49NO. The first-order valence-electron chi connectivity index (χ1n) is 23.5. The molecule has 2 nitrogen and oxygen atoms in total. The van der Waals surface area contributed by atoms with E-state index in [1.807, 2.05) is 6.07 Å². The minimum Gasteiger partial charge on any atom is -0.456 e. The third-order valence-electron chi connectivity index (χ3n) is 13.9. The molecule has 1 fully saturated rings. The van der Waals surface area contributed by atoms with Gasteiger partial charge in [0.25, 0.3) is 0 Å². The van der Waals surface area contributed by atoms with Crippen molar-refractivity contribution < 1.29 is 4.42 Å². The van der Waals surface area contributed by atoms with E-state index in [-0.39, 0.29) is 0 Å². The van der Waals surface area contributed by atoms with Crippen molar-refractivity contribution in [3.8, 4) is 55.6 Å². The third kappa shape index (κ3) is 7.25. The van der Waals surface area contributed by atoms with Crippen molar-refractivity contribution in [3.63, 3.8) is 0 Å². The first-order valence-corrected chi connectivity index (χ1v) is 23.5. The van der Waals surface area contributed by atoms with Crippen LogP contribution in [0.1, 0.15) is 43.6 Å². The first-order chi connectivity index (χ1) is 32.7. The summed E-state index contributed by atoms with van der Waals surface area (Å²) >= 11 is 0. The highest BCUT2D eigenvalue weighted by Gasteiger charge is 2.24. The molecule has 0 saturated heterocycles. The zero-order valence-corrected chi connectivity index (χ0v) is 36.9. The van der Waals surface area contributed by atoms with E-state index in [2.05, 4.69) is 229 Å². The Morgan fingerprint density at radius 1 is 0.348 bits per heavy atom. The van der Waals surface area contributed by atoms with Crippen LogP contribution in [0, 0.1) is 0 Å². The van der Waals surface area contributed by atoms with Gasteiger partial charge >= 0.3 is 0 Å². The van der Waals surface area contributed by atoms with Crippen LogP contribution in [-0.4, -0.2) is 0 Å². The number of rotatable bonds is 9. The van der Waals surface area contributed by atoms with Crippen molar-refractivity contribution in [2.24, 2.45) is 0 Å². The molecule has 0 unspecified atom stereocenters. The molecule has 0 aliphatic heterocycles. The molecule has 1 aliphatic rings. The second kappa shape index (κ2) is 17.2. The molecule has 1 heterocycles. The maximum atomic E-state index is 6.31. The summed E-state index contributed by atoms with van der Waals surface area (Å²) in [7, 11) is 0. The fourth-order valence-corrected chi connectivity index (χ4v) is 10.7. The van der Waals surface area contributed by atoms with Gasteiger partial charge in [0.2, 0.25) is 0 Å². The van der Waals surface area contributed by atoms with Crippen LogP contribution in [0.25, 0.3) is 88.3 Å². The van der Waals surface area contributed by atoms with Crippen LogP contribution in [0.4, 0.5) is 17.1 Å². The van der Waals surface area contributed by atoms with Gasteiger partial charge in [0.05, 0.1) is 11.4 Å². The summed E-state index contributed by atoms with van der Waals surface area (Å²) in [6.45, 7) is 0. The van der Waals surface area contributed by atoms with Gasteiger partial charge in [-0.1, -0.05) is 201 Å². The number of nitrogens with zero attached hydrogens (tertiary/aromatic N) is 1. The SMILES string of the molecule is c1ccc(-c2ccc(-c3ccc(N(c4ccccc4-c4ccc5oc6ccccc6c5c4)c4ccccc4-c4cccc5cccc(C6CCCCC6)c45)cc3)cc2-c2ccccc2)cc1. The second-order valence-corrected chi connectivity index (χ2v) is 17.8. The second-order valence-electron chi connectivity index (χ2n) is 17.8. The smallest absolute Gasteiger partial charge is 0.135 e. The topological polar surface area (TPSA) is 16.4 Å². The molecule has 0 spiro atoms. The zero-order chi connectivity index (χ0) is 43.8. The van der Waals surface area contributed by atoms with Crippen molar-refractivity contribution >= 4 is 49.8 Å². The van der Waals surface area contributed by atoms with Crippen LogP contribution in [0.15, 0.2) is 235 Å². The van der Waals surface area contributed by atoms with Gasteiger partial charge in [-0.3, -0.25) is 0 Å². The lowest BCUT2D eigenvalue weighted by molar-refractivity contribution is 0.445. The van der Waals surface area contributed by atoms with E-state index in [1.54, 1.807) is 0 Å². The monoisotopic (exact) mass is 847 g/mol. The molecule has 11 aromatic rings. The molecule has 1 aromatic heterocycles. The molecule has 1 saturated carbocycles. The summed E-state index contributed by atoms with van der Waals surface area (Å²) in [6.07, 6.45) is 6.43. The summed E-state index contributed by atoms with van der Waals surface area (Å²) in [5, 5.41) is 4.93. The number of hydrogen-bond donors (Lipinski definition) is 0. The van der Waals surface area contributed by atoms with Gasteiger partial charge in [-0.05, 0) is 128 Å². The summed E-state index contributed by atoms with van der Waals surface area (Å²) in [4.78, 5) is 2.49. The molecular weight excluding hydrogens is 799 g/mol. The lowest BCUT2D eigenvalue weighted by atomic mass is 9.80. The van der Waals surface area contributed by atoms with Crippen LogP contribution < -0.4 is 4.90 Å². The van der Waals surface area contributed by atoms with E-state index < -0.39 is 0 Å². The van der Waals surface area contributed by atoms with Crippen molar-refractivity contribution in [3.05, 3.63) is 236 Å². The molecule has 0 atom stereocenters. The minimum atomic E-state index is 0.568. The van der Waals surface area contributed by atoms with Gasteiger partial charge in [-0.25, -0.2) is 0 Å². The molecule has 0 radical (unpaired) electrons. The summed E-state index contributed by atoms with van der Waals surface area (Å²) in [6, 6.07) is 84.3. The Bertz CT molecular complexity index is 3500. The maximum absolute atomic E-state index is 6.31. The highest BCUT2D eigenvalue weighted by Crippen LogP contribution is 2.48. The van der Waals surface area contributed by atoms with E-state index in [9.17, 15) is 0 Å². The minimum absolute atomic E-state index is 0.568. The fourth-order valence-electron chi connectivity index (χ4n) is 10.7. The summed E-state index contributed by atoms with van der Waals surface area (Å²) < 4.78 is 6.31. The largest absolute Gasteiger partial charge is 0.456 e. The van der Waals surface area contributed by atoms with Gasteiger partial charge in [0.1, 0.15) is 11.2 Å². The van der Waals surface area contributed by atoms with Gasteiger partial charge in [-0.15, -0.1) is 0 Å². The van der Waals surface area contributed by atoms with Crippen LogP contribution in [0.3, 0.4) is 0 Å². The number of benzene rings is 10. The first kappa shape index (κ1) is 39.6. The maximum Gasteiger partial charge on any atom is 0.135 e. The van der Waals surface area contributed by atoms with Crippen molar-refractivity contribution in [1.29, 1.82) is 0 Å². The Morgan fingerprint density at radius 2 is 0.939 bits per heavy atom. The molecule has 316 valence electrons. The number of fused-ring (bicyclic) bond motifs is 4. The van der Waals surface area contributed by atoms with E-state index in [0.717, 1.165) is 50.1 Å². The van der Waals surface area contributed by atoms with Crippen LogP contribution in [-0.2, 0) is 0 Å². The molecule has 1 aliphatic carbocycles. The molecule has 66 heavy (non-hydrogen) atoms. The predicted octanol–water partition coefficient (Wildman–Crippen LogP) is 18.6. The Hall–Kier alpha value is -7.94. The fraction of sp³-hybridized carbons (Fsp3) is 0.0938. The third-order valence-corrected chi connectivity index (χ3v) is 13.9. The van der Waals surface area contributed by atoms with Gasteiger partial charge in [0, 0.05) is 27.6 Å². The van der Waals surface area contributed by atoms with Crippen LogP contribution >= 0.6 is 0 Å². The van der Waals surface area contributed by atoms with Crippen molar-refractivity contribution in [1.82, 2.24) is 0 Å². The number of anilines is 3.